The van der Waals surface area contributed by atoms with Gasteiger partial charge in [0.1, 0.15) is 0 Å². The Labute approximate surface area is 137 Å². The maximum atomic E-state index is 13.3. The predicted molar refractivity (Wildman–Crippen MR) is 80.8 cm³/mol. The van der Waals surface area contributed by atoms with Crippen molar-refractivity contribution in [2.45, 2.75) is 0 Å². The maximum absolute atomic E-state index is 13.3. The third-order valence-corrected chi connectivity index (χ3v) is 2.99. The SMILES string of the molecule is O=C(Nc1ccc(F)c([N+](=O)[O-])c1)c1cc([N+](=O)[O-])cc([N+](=O)[O-])c1. The lowest BCUT2D eigenvalue weighted by Crippen LogP contribution is -2.13. The van der Waals surface area contributed by atoms with E-state index < -0.39 is 49.1 Å². The molecule has 0 aliphatic heterocycles. The molecule has 0 fully saturated rings. The normalized spacial score (nSPS) is 10.1. The molecule has 0 bridgehead atoms. The predicted octanol–water partition coefficient (Wildman–Crippen LogP) is 2.80. The number of hydrogen-bond acceptors (Lipinski definition) is 7. The van der Waals surface area contributed by atoms with Crippen LogP contribution >= 0.6 is 0 Å². The highest BCUT2D eigenvalue weighted by Crippen LogP contribution is 2.25. The van der Waals surface area contributed by atoms with E-state index in [2.05, 4.69) is 5.32 Å². The van der Waals surface area contributed by atoms with E-state index in [-0.39, 0.29) is 5.69 Å². The molecule has 0 saturated heterocycles. The Morgan fingerprint density at radius 3 is 1.92 bits per heavy atom. The molecule has 12 heteroatoms. The molecule has 0 aliphatic rings. The van der Waals surface area contributed by atoms with Crippen molar-refractivity contribution in [1.29, 1.82) is 0 Å². The molecule has 25 heavy (non-hydrogen) atoms. The fourth-order valence-electron chi connectivity index (χ4n) is 1.87. The van der Waals surface area contributed by atoms with Crippen LogP contribution in [-0.4, -0.2) is 20.7 Å². The molecule has 0 aliphatic carbocycles. The number of nitrogens with one attached hydrogen (secondary N) is 1. The Balaban J connectivity index is 2.38. The molecule has 1 N–H and O–H groups in total. The summed E-state index contributed by atoms with van der Waals surface area (Å²) in [6, 6.07) is 4.83. The van der Waals surface area contributed by atoms with Gasteiger partial charge in [-0.05, 0) is 12.1 Å². The number of rotatable bonds is 5. The monoisotopic (exact) mass is 350 g/mol. The zero-order valence-corrected chi connectivity index (χ0v) is 12.0. The molecule has 0 atom stereocenters. The summed E-state index contributed by atoms with van der Waals surface area (Å²) >= 11 is 0. The van der Waals surface area contributed by atoms with Gasteiger partial charge in [0.25, 0.3) is 17.3 Å². The molecule has 2 rings (SSSR count). The van der Waals surface area contributed by atoms with Crippen molar-refractivity contribution in [1.82, 2.24) is 0 Å². The highest BCUT2D eigenvalue weighted by atomic mass is 19.1. The van der Waals surface area contributed by atoms with Gasteiger partial charge in [0.05, 0.1) is 26.4 Å². The first-order chi connectivity index (χ1) is 11.7. The van der Waals surface area contributed by atoms with E-state index in [1.165, 1.54) is 0 Å². The number of carbonyl (C=O) groups is 1. The minimum Gasteiger partial charge on any atom is -0.322 e. The van der Waals surface area contributed by atoms with Crippen molar-refractivity contribution < 1.29 is 24.0 Å². The van der Waals surface area contributed by atoms with E-state index in [1.807, 2.05) is 0 Å². The quantitative estimate of drug-likeness (QED) is 0.641. The fourth-order valence-corrected chi connectivity index (χ4v) is 1.87. The fraction of sp³-hybridized carbons (Fsp3) is 0. The van der Waals surface area contributed by atoms with Gasteiger partial charge in [0.15, 0.2) is 0 Å². The molecule has 0 saturated carbocycles. The first kappa shape index (κ1) is 17.4. The summed E-state index contributed by atoms with van der Waals surface area (Å²) in [6.07, 6.45) is 0. The number of nitro groups is 3. The highest BCUT2D eigenvalue weighted by molar-refractivity contribution is 6.05. The number of carbonyl (C=O) groups excluding carboxylic acids is 1. The Hall–Kier alpha value is -3.96. The molecule has 2 aromatic carbocycles. The van der Waals surface area contributed by atoms with Crippen LogP contribution < -0.4 is 5.32 Å². The summed E-state index contributed by atoms with van der Waals surface area (Å²) in [5, 5.41) is 34.4. The molecule has 2 aromatic rings. The van der Waals surface area contributed by atoms with E-state index in [9.17, 15) is 39.5 Å². The molecule has 128 valence electrons. The number of hydrogen-bond donors (Lipinski definition) is 1. The lowest BCUT2D eigenvalue weighted by molar-refractivity contribution is -0.394. The second-order valence-corrected chi connectivity index (χ2v) is 4.63. The van der Waals surface area contributed by atoms with Crippen molar-refractivity contribution in [3.05, 3.63) is 78.1 Å². The Kier molecular flexibility index (Phi) is 4.63. The molecule has 0 spiro atoms. The molecular weight excluding hydrogens is 343 g/mol. The van der Waals surface area contributed by atoms with Gasteiger partial charge in [-0.1, -0.05) is 0 Å². The van der Waals surface area contributed by atoms with Crippen LogP contribution in [0.2, 0.25) is 0 Å². The van der Waals surface area contributed by atoms with Gasteiger partial charge in [0, 0.05) is 23.9 Å². The van der Waals surface area contributed by atoms with Crippen LogP contribution in [0.3, 0.4) is 0 Å². The van der Waals surface area contributed by atoms with E-state index in [0.717, 1.165) is 30.3 Å². The van der Waals surface area contributed by atoms with Crippen LogP contribution in [0.4, 0.5) is 27.1 Å². The third kappa shape index (κ3) is 3.87. The number of anilines is 1. The van der Waals surface area contributed by atoms with Crippen LogP contribution in [-0.2, 0) is 0 Å². The summed E-state index contributed by atoms with van der Waals surface area (Å²) in [4.78, 5) is 41.6. The van der Waals surface area contributed by atoms with E-state index in [1.54, 1.807) is 0 Å². The lowest BCUT2D eigenvalue weighted by Gasteiger charge is -2.06. The standard InChI is InChI=1S/C13H7FN4O7/c14-11-2-1-8(5-12(11)18(24)25)15-13(19)7-3-9(16(20)21)6-10(4-7)17(22)23/h1-6H,(H,15,19). The topological polar surface area (TPSA) is 159 Å². The number of benzene rings is 2. The van der Waals surface area contributed by atoms with Gasteiger partial charge in [-0.3, -0.25) is 35.1 Å². The molecule has 11 nitrogen and oxygen atoms in total. The number of nitro benzene ring substituents is 3. The molecule has 0 radical (unpaired) electrons. The summed E-state index contributed by atoms with van der Waals surface area (Å²) in [5.74, 6) is -2.11. The van der Waals surface area contributed by atoms with Crippen LogP contribution in [0.25, 0.3) is 0 Å². The third-order valence-electron chi connectivity index (χ3n) is 2.99. The first-order valence-electron chi connectivity index (χ1n) is 6.38. The number of non-ortho nitro benzene ring substituents is 2. The summed E-state index contributed by atoms with van der Waals surface area (Å²) in [5.41, 5.74) is -2.81. The zero-order chi connectivity index (χ0) is 18.7. The van der Waals surface area contributed by atoms with Crippen molar-refractivity contribution >= 4 is 28.7 Å². The second-order valence-electron chi connectivity index (χ2n) is 4.63. The molecular formula is C13H7FN4O7. The molecule has 0 unspecified atom stereocenters. The van der Waals surface area contributed by atoms with Gasteiger partial charge in [-0.25, -0.2) is 0 Å². The summed E-state index contributed by atoms with van der Waals surface area (Å²) < 4.78 is 13.3. The largest absolute Gasteiger partial charge is 0.322 e. The van der Waals surface area contributed by atoms with Gasteiger partial charge in [-0.15, -0.1) is 0 Å². The second kappa shape index (κ2) is 6.66. The molecule has 1 amide bonds. The molecule has 0 heterocycles. The van der Waals surface area contributed by atoms with Crippen LogP contribution in [0, 0.1) is 36.2 Å². The van der Waals surface area contributed by atoms with Crippen molar-refractivity contribution in [2.75, 3.05) is 5.32 Å². The first-order valence-corrected chi connectivity index (χ1v) is 6.38. The zero-order valence-electron chi connectivity index (χ0n) is 12.0. The minimum atomic E-state index is -1.12. The Bertz CT molecular complexity index is 883. The van der Waals surface area contributed by atoms with Gasteiger partial charge in [-0.2, -0.15) is 4.39 Å². The number of halogens is 1. The van der Waals surface area contributed by atoms with E-state index >= 15 is 0 Å². The van der Waals surface area contributed by atoms with Gasteiger partial charge >= 0.3 is 5.69 Å². The van der Waals surface area contributed by atoms with Gasteiger partial charge in [0.2, 0.25) is 5.82 Å². The van der Waals surface area contributed by atoms with Crippen molar-refractivity contribution in [3.8, 4) is 0 Å². The smallest absolute Gasteiger partial charge is 0.306 e. The van der Waals surface area contributed by atoms with Crippen molar-refractivity contribution in [2.24, 2.45) is 0 Å². The van der Waals surface area contributed by atoms with Gasteiger partial charge < -0.3 is 5.32 Å². The Morgan fingerprint density at radius 1 is 0.880 bits per heavy atom. The van der Waals surface area contributed by atoms with E-state index in [4.69, 9.17) is 0 Å². The lowest BCUT2D eigenvalue weighted by atomic mass is 10.1. The molecule has 0 aromatic heterocycles. The van der Waals surface area contributed by atoms with Crippen LogP contribution in [0.5, 0.6) is 0 Å². The summed E-state index contributed by atoms with van der Waals surface area (Å²) in [6.45, 7) is 0. The average molecular weight is 350 g/mol. The Morgan fingerprint density at radius 2 is 1.44 bits per heavy atom. The summed E-state index contributed by atoms with van der Waals surface area (Å²) in [7, 11) is 0. The van der Waals surface area contributed by atoms with E-state index in [0.29, 0.717) is 6.07 Å². The highest BCUT2D eigenvalue weighted by Gasteiger charge is 2.21. The average Bonchev–Trinajstić information content (AvgIpc) is 2.55. The van der Waals surface area contributed by atoms with Crippen LogP contribution in [0.15, 0.2) is 36.4 Å². The number of amides is 1. The van der Waals surface area contributed by atoms with Crippen LogP contribution in [0.1, 0.15) is 10.4 Å². The maximum Gasteiger partial charge on any atom is 0.306 e. The van der Waals surface area contributed by atoms with Crippen molar-refractivity contribution in [3.63, 3.8) is 0 Å². The minimum absolute atomic E-state index is 0.160. The number of nitrogens with zero attached hydrogens (tertiary/aromatic N) is 3.